The summed E-state index contributed by atoms with van der Waals surface area (Å²) in [5.41, 5.74) is 1.58. The van der Waals surface area contributed by atoms with Gasteiger partial charge in [-0.2, -0.15) is 0 Å². The molecule has 1 heterocycles. The van der Waals surface area contributed by atoms with Crippen LogP contribution in [0.3, 0.4) is 0 Å². The second kappa shape index (κ2) is 2.66. The molecule has 0 unspecified atom stereocenters. The number of hydrogen-bond donors (Lipinski definition) is 1. The lowest BCUT2D eigenvalue weighted by atomic mass is 9.65. The summed E-state index contributed by atoms with van der Waals surface area (Å²) in [5.74, 6) is 1.31. The summed E-state index contributed by atoms with van der Waals surface area (Å²) < 4.78 is 5.73. The van der Waals surface area contributed by atoms with Gasteiger partial charge in [0, 0.05) is 5.41 Å². The van der Waals surface area contributed by atoms with E-state index in [1.807, 2.05) is 12.1 Å². The number of phenolic OH excluding ortho intramolecular Hbond substituents is 1. The molecule has 1 aromatic carbocycles. The lowest BCUT2D eigenvalue weighted by Crippen LogP contribution is -2.40. The van der Waals surface area contributed by atoms with Crippen molar-refractivity contribution in [1.29, 1.82) is 0 Å². The van der Waals surface area contributed by atoms with E-state index in [0.29, 0.717) is 11.2 Å². The molecule has 1 saturated carbocycles. The highest BCUT2D eigenvalue weighted by Gasteiger charge is 2.41. The molecule has 1 aromatic rings. The first-order chi connectivity index (χ1) is 6.77. The van der Waals surface area contributed by atoms with Gasteiger partial charge in [-0.25, -0.2) is 0 Å². The highest BCUT2D eigenvalue weighted by Crippen LogP contribution is 2.48. The average Bonchev–Trinajstić information content (AvgIpc) is 2.14. The molecule has 0 aromatic heterocycles. The van der Waals surface area contributed by atoms with Crippen molar-refractivity contribution in [1.82, 2.24) is 0 Å². The van der Waals surface area contributed by atoms with Gasteiger partial charge in [0.05, 0.1) is 6.61 Å². The molecule has 14 heavy (non-hydrogen) atoms. The molecule has 0 bridgehead atoms. The summed E-state index contributed by atoms with van der Waals surface area (Å²) in [5, 5.41) is 9.39. The third kappa shape index (κ3) is 1.10. The number of aromatic hydroxyl groups is 1. The summed E-state index contributed by atoms with van der Waals surface area (Å²) in [7, 11) is 0. The van der Waals surface area contributed by atoms with Crippen LogP contribution in [-0.4, -0.2) is 11.7 Å². The predicted molar refractivity (Wildman–Crippen MR) is 53.6 cm³/mol. The Kier molecular flexibility index (Phi) is 1.55. The molecule has 1 fully saturated rings. The number of benzene rings is 1. The van der Waals surface area contributed by atoms with E-state index in [1.54, 1.807) is 6.07 Å². The van der Waals surface area contributed by atoms with Crippen LogP contribution in [0.15, 0.2) is 18.2 Å². The van der Waals surface area contributed by atoms with Gasteiger partial charge in [-0.3, -0.25) is 0 Å². The fourth-order valence-corrected chi connectivity index (χ4v) is 2.53. The molecule has 1 aliphatic heterocycles. The van der Waals surface area contributed by atoms with E-state index in [0.717, 1.165) is 18.8 Å². The third-order valence-corrected chi connectivity index (χ3v) is 3.56. The summed E-state index contributed by atoms with van der Waals surface area (Å²) >= 11 is 0. The molecule has 0 radical (unpaired) electrons. The Morgan fingerprint density at radius 3 is 2.86 bits per heavy atom. The van der Waals surface area contributed by atoms with Gasteiger partial charge in [-0.05, 0) is 43.0 Å². The zero-order valence-corrected chi connectivity index (χ0v) is 8.12. The molecule has 2 nitrogen and oxygen atoms in total. The van der Waals surface area contributed by atoms with Gasteiger partial charge in [0.2, 0.25) is 0 Å². The van der Waals surface area contributed by atoms with Gasteiger partial charge >= 0.3 is 0 Å². The van der Waals surface area contributed by atoms with Crippen LogP contribution in [0.1, 0.15) is 24.8 Å². The van der Waals surface area contributed by atoms with Crippen molar-refractivity contribution in [3.63, 3.8) is 0 Å². The second-order valence-corrected chi connectivity index (χ2v) is 4.61. The van der Waals surface area contributed by atoms with Gasteiger partial charge in [0.25, 0.3) is 0 Å². The first-order valence-electron chi connectivity index (χ1n) is 5.22. The fraction of sp³-hybridized carbons (Fsp3) is 0.500. The third-order valence-electron chi connectivity index (χ3n) is 3.56. The highest BCUT2D eigenvalue weighted by molar-refractivity contribution is 5.41. The molecule has 0 amide bonds. The molecule has 1 spiro atoms. The SMILES string of the molecule is Oc1ccc2c(c1)CC1(CCC1)CO2. The number of hydrogen-bond acceptors (Lipinski definition) is 2. The number of fused-ring (bicyclic) bond motifs is 1. The van der Waals surface area contributed by atoms with Crippen molar-refractivity contribution in [2.45, 2.75) is 25.7 Å². The average molecular weight is 190 g/mol. The van der Waals surface area contributed by atoms with Crippen LogP contribution in [-0.2, 0) is 6.42 Å². The Bertz CT molecular complexity index is 367. The van der Waals surface area contributed by atoms with Crippen LogP contribution >= 0.6 is 0 Å². The molecule has 0 saturated heterocycles. The summed E-state index contributed by atoms with van der Waals surface area (Å²) in [6.07, 6.45) is 4.97. The minimum atomic E-state index is 0.351. The molecular formula is C12H14O2. The first-order valence-corrected chi connectivity index (χ1v) is 5.22. The molecule has 1 aliphatic carbocycles. The van der Waals surface area contributed by atoms with Crippen LogP contribution in [0, 0.1) is 5.41 Å². The maximum Gasteiger partial charge on any atom is 0.122 e. The Balaban J connectivity index is 1.96. The van der Waals surface area contributed by atoms with Crippen molar-refractivity contribution >= 4 is 0 Å². The quantitative estimate of drug-likeness (QED) is 0.681. The number of phenols is 1. The molecule has 2 heteroatoms. The minimum Gasteiger partial charge on any atom is -0.508 e. The molecular weight excluding hydrogens is 176 g/mol. The van der Waals surface area contributed by atoms with E-state index in [2.05, 4.69) is 0 Å². The topological polar surface area (TPSA) is 29.5 Å². The predicted octanol–water partition coefficient (Wildman–Crippen LogP) is 2.50. The Hall–Kier alpha value is -1.18. The normalized spacial score (nSPS) is 22.3. The van der Waals surface area contributed by atoms with Gasteiger partial charge in [0.15, 0.2) is 0 Å². The van der Waals surface area contributed by atoms with E-state index in [1.165, 1.54) is 24.8 Å². The molecule has 3 rings (SSSR count). The summed E-state index contributed by atoms with van der Waals surface area (Å²) in [6, 6.07) is 5.41. The van der Waals surface area contributed by atoms with E-state index < -0.39 is 0 Å². The van der Waals surface area contributed by atoms with Gasteiger partial charge in [-0.15, -0.1) is 0 Å². The highest BCUT2D eigenvalue weighted by atomic mass is 16.5. The Labute approximate surface area is 83.5 Å². The van der Waals surface area contributed by atoms with Crippen LogP contribution in [0.25, 0.3) is 0 Å². The molecule has 0 atom stereocenters. The monoisotopic (exact) mass is 190 g/mol. The molecule has 2 aliphatic rings. The standard InChI is InChI=1S/C12H14O2/c13-10-2-3-11-9(6-10)7-12(8-14-11)4-1-5-12/h2-3,6,13H,1,4-5,7-8H2. The smallest absolute Gasteiger partial charge is 0.122 e. The molecule has 74 valence electrons. The summed E-state index contributed by atoms with van der Waals surface area (Å²) in [6.45, 7) is 0.866. The van der Waals surface area contributed by atoms with Crippen LogP contribution in [0.5, 0.6) is 11.5 Å². The van der Waals surface area contributed by atoms with Crippen molar-refractivity contribution in [3.05, 3.63) is 23.8 Å². The van der Waals surface area contributed by atoms with E-state index in [4.69, 9.17) is 4.74 Å². The zero-order chi connectivity index (χ0) is 9.60. The van der Waals surface area contributed by atoms with Crippen molar-refractivity contribution < 1.29 is 9.84 Å². The van der Waals surface area contributed by atoms with E-state index in [-0.39, 0.29) is 0 Å². The van der Waals surface area contributed by atoms with Crippen molar-refractivity contribution in [3.8, 4) is 11.5 Å². The van der Waals surface area contributed by atoms with Gasteiger partial charge in [0.1, 0.15) is 11.5 Å². The lowest BCUT2D eigenvalue weighted by Gasteiger charge is -2.44. The maximum atomic E-state index is 9.39. The lowest BCUT2D eigenvalue weighted by molar-refractivity contribution is 0.0410. The van der Waals surface area contributed by atoms with E-state index in [9.17, 15) is 5.11 Å². The van der Waals surface area contributed by atoms with Gasteiger partial charge < -0.3 is 9.84 Å². The zero-order valence-electron chi connectivity index (χ0n) is 8.12. The van der Waals surface area contributed by atoms with Gasteiger partial charge in [-0.1, -0.05) is 6.42 Å². The first kappa shape index (κ1) is 8.16. The second-order valence-electron chi connectivity index (χ2n) is 4.61. The van der Waals surface area contributed by atoms with E-state index >= 15 is 0 Å². The maximum absolute atomic E-state index is 9.39. The van der Waals surface area contributed by atoms with Crippen LogP contribution < -0.4 is 4.74 Å². The minimum absolute atomic E-state index is 0.351. The van der Waals surface area contributed by atoms with Crippen molar-refractivity contribution in [2.24, 2.45) is 5.41 Å². The number of ether oxygens (including phenoxy) is 1. The largest absolute Gasteiger partial charge is 0.508 e. The molecule has 1 N–H and O–H groups in total. The van der Waals surface area contributed by atoms with Crippen LogP contribution in [0.2, 0.25) is 0 Å². The Morgan fingerprint density at radius 1 is 1.29 bits per heavy atom. The van der Waals surface area contributed by atoms with Crippen LogP contribution in [0.4, 0.5) is 0 Å². The summed E-state index contributed by atoms with van der Waals surface area (Å²) in [4.78, 5) is 0. The Morgan fingerprint density at radius 2 is 2.14 bits per heavy atom. The van der Waals surface area contributed by atoms with Crippen molar-refractivity contribution in [2.75, 3.05) is 6.61 Å². The fourth-order valence-electron chi connectivity index (χ4n) is 2.53. The number of rotatable bonds is 0.